The molecule has 20 heavy (non-hydrogen) atoms. The number of benzene rings is 1. The number of aliphatic carboxylic acids is 1. The molecule has 0 aliphatic heterocycles. The van der Waals surface area contributed by atoms with Crippen LogP contribution >= 0.6 is 0 Å². The molecule has 0 aliphatic carbocycles. The highest BCUT2D eigenvalue weighted by molar-refractivity contribution is 5.83. The molecule has 0 aliphatic rings. The lowest BCUT2D eigenvalue weighted by Gasteiger charge is -2.15. The van der Waals surface area contributed by atoms with Gasteiger partial charge in [-0.3, -0.25) is 0 Å². The van der Waals surface area contributed by atoms with E-state index in [-0.39, 0.29) is 0 Å². The summed E-state index contributed by atoms with van der Waals surface area (Å²) in [6.45, 7) is 4.22. The summed E-state index contributed by atoms with van der Waals surface area (Å²) in [4.78, 5) is 22.9. The molecule has 0 radical (unpaired) electrons. The van der Waals surface area contributed by atoms with Crippen LogP contribution in [0.15, 0.2) is 30.3 Å². The maximum atomic E-state index is 11.7. The third-order valence-corrected chi connectivity index (χ3v) is 2.72. The van der Waals surface area contributed by atoms with E-state index in [1.807, 2.05) is 6.92 Å². The van der Waals surface area contributed by atoms with Gasteiger partial charge in [0.1, 0.15) is 0 Å². The van der Waals surface area contributed by atoms with Gasteiger partial charge in [-0.05, 0) is 25.1 Å². The average molecular weight is 279 g/mol. The maximum absolute atomic E-state index is 11.7. The minimum absolute atomic E-state index is 0.474. The van der Waals surface area contributed by atoms with Crippen LogP contribution in [-0.2, 0) is 4.79 Å². The molecule has 0 fully saturated rings. The first-order chi connectivity index (χ1) is 9.65. The van der Waals surface area contributed by atoms with E-state index >= 15 is 0 Å². The Morgan fingerprint density at radius 3 is 2.50 bits per heavy atom. The molecule has 110 valence electrons. The second-order valence-electron chi connectivity index (χ2n) is 4.29. The Bertz CT molecular complexity index is 423. The molecule has 0 unspecified atom stereocenters. The molecule has 0 bridgehead atoms. The number of carboxylic acids is 1. The van der Waals surface area contributed by atoms with E-state index in [0.29, 0.717) is 12.1 Å². The van der Waals surface area contributed by atoms with Gasteiger partial charge in [-0.25, -0.2) is 9.59 Å². The highest BCUT2D eigenvalue weighted by Crippen LogP contribution is 2.12. The monoisotopic (exact) mass is 279 g/mol. The van der Waals surface area contributed by atoms with Gasteiger partial charge in [-0.2, -0.15) is 0 Å². The zero-order valence-corrected chi connectivity index (χ0v) is 11.6. The first kappa shape index (κ1) is 16.0. The first-order valence-electron chi connectivity index (χ1n) is 6.68. The fourth-order valence-corrected chi connectivity index (χ4v) is 1.71. The van der Waals surface area contributed by atoms with Crippen molar-refractivity contribution in [1.82, 2.24) is 16.0 Å². The molecule has 1 aromatic carbocycles. The molecule has 1 rings (SSSR count). The van der Waals surface area contributed by atoms with Gasteiger partial charge in [-0.1, -0.05) is 37.3 Å². The van der Waals surface area contributed by atoms with Gasteiger partial charge in [0.2, 0.25) is 0 Å². The SMILES string of the molecule is CCNCCCNC(=O)N[C@H](C(=O)O)c1ccccc1. The molecule has 6 heteroatoms. The van der Waals surface area contributed by atoms with E-state index in [1.165, 1.54) is 0 Å². The number of hydrogen-bond donors (Lipinski definition) is 4. The number of nitrogens with one attached hydrogen (secondary N) is 3. The highest BCUT2D eigenvalue weighted by Gasteiger charge is 2.21. The summed E-state index contributed by atoms with van der Waals surface area (Å²) in [5, 5.41) is 17.4. The number of carboxylic acid groups (broad SMARTS) is 1. The average Bonchev–Trinajstić information content (AvgIpc) is 2.45. The predicted molar refractivity (Wildman–Crippen MR) is 76.5 cm³/mol. The lowest BCUT2D eigenvalue weighted by molar-refractivity contribution is -0.139. The van der Waals surface area contributed by atoms with E-state index in [9.17, 15) is 9.59 Å². The number of carbonyl (C=O) groups is 2. The molecule has 1 aromatic rings. The summed E-state index contributed by atoms with van der Waals surface area (Å²) < 4.78 is 0. The maximum Gasteiger partial charge on any atom is 0.330 e. The Hall–Kier alpha value is -2.08. The van der Waals surface area contributed by atoms with Crippen LogP contribution in [-0.4, -0.2) is 36.7 Å². The molecule has 1 atom stereocenters. The quantitative estimate of drug-likeness (QED) is 0.537. The van der Waals surface area contributed by atoms with Crippen LogP contribution in [0.2, 0.25) is 0 Å². The van der Waals surface area contributed by atoms with E-state index < -0.39 is 18.0 Å². The summed E-state index contributed by atoms with van der Waals surface area (Å²) in [6, 6.07) is 7.10. The Kier molecular flexibility index (Phi) is 7.13. The van der Waals surface area contributed by atoms with Crippen molar-refractivity contribution in [2.24, 2.45) is 0 Å². The summed E-state index contributed by atoms with van der Waals surface area (Å²) in [7, 11) is 0. The van der Waals surface area contributed by atoms with E-state index in [4.69, 9.17) is 5.11 Å². The lowest BCUT2D eigenvalue weighted by Crippen LogP contribution is -2.41. The predicted octanol–water partition coefficient (Wildman–Crippen LogP) is 1.11. The molecule has 0 saturated carbocycles. The Morgan fingerprint density at radius 2 is 1.90 bits per heavy atom. The Morgan fingerprint density at radius 1 is 1.20 bits per heavy atom. The largest absolute Gasteiger partial charge is 0.479 e. The van der Waals surface area contributed by atoms with Gasteiger partial charge >= 0.3 is 12.0 Å². The van der Waals surface area contributed by atoms with E-state index in [2.05, 4.69) is 16.0 Å². The number of urea groups is 1. The van der Waals surface area contributed by atoms with Gasteiger partial charge in [0.15, 0.2) is 6.04 Å². The van der Waals surface area contributed by atoms with Crippen LogP contribution in [0, 0.1) is 0 Å². The summed E-state index contributed by atoms with van der Waals surface area (Å²) >= 11 is 0. The Balaban J connectivity index is 2.43. The van der Waals surface area contributed by atoms with E-state index in [1.54, 1.807) is 30.3 Å². The zero-order valence-electron chi connectivity index (χ0n) is 11.6. The van der Waals surface area contributed by atoms with Crippen LogP contribution in [0.3, 0.4) is 0 Å². The van der Waals surface area contributed by atoms with Crippen molar-refractivity contribution in [3.05, 3.63) is 35.9 Å². The van der Waals surface area contributed by atoms with Crippen LogP contribution in [0.4, 0.5) is 4.79 Å². The highest BCUT2D eigenvalue weighted by atomic mass is 16.4. The van der Waals surface area contributed by atoms with Gasteiger partial charge in [0.25, 0.3) is 0 Å². The topological polar surface area (TPSA) is 90.5 Å². The third-order valence-electron chi connectivity index (χ3n) is 2.72. The van der Waals surface area contributed by atoms with Crippen molar-refractivity contribution in [3.63, 3.8) is 0 Å². The molecule has 6 nitrogen and oxygen atoms in total. The van der Waals surface area contributed by atoms with Crippen molar-refractivity contribution in [1.29, 1.82) is 0 Å². The van der Waals surface area contributed by atoms with E-state index in [0.717, 1.165) is 19.5 Å². The fraction of sp³-hybridized carbons (Fsp3) is 0.429. The molecule has 0 heterocycles. The minimum atomic E-state index is -1.08. The van der Waals surface area contributed by atoms with Crippen LogP contribution < -0.4 is 16.0 Å². The first-order valence-corrected chi connectivity index (χ1v) is 6.68. The summed E-state index contributed by atoms with van der Waals surface area (Å²) in [5.41, 5.74) is 0.544. The molecule has 2 amide bonds. The van der Waals surface area contributed by atoms with Crippen LogP contribution in [0.1, 0.15) is 24.9 Å². The second-order valence-corrected chi connectivity index (χ2v) is 4.29. The lowest BCUT2D eigenvalue weighted by atomic mass is 10.1. The number of hydrogen-bond acceptors (Lipinski definition) is 3. The van der Waals surface area contributed by atoms with Crippen molar-refractivity contribution < 1.29 is 14.7 Å². The molecule has 4 N–H and O–H groups in total. The molecular formula is C14H21N3O3. The molecule has 0 saturated heterocycles. The van der Waals surface area contributed by atoms with Gasteiger partial charge in [-0.15, -0.1) is 0 Å². The molecule has 0 spiro atoms. The normalized spacial score (nSPS) is 11.7. The minimum Gasteiger partial charge on any atom is -0.479 e. The molecule has 0 aromatic heterocycles. The second kappa shape index (κ2) is 8.92. The Labute approximate surface area is 118 Å². The summed E-state index contributed by atoms with van der Waals surface area (Å²) in [6.07, 6.45) is 0.796. The summed E-state index contributed by atoms with van der Waals surface area (Å²) in [5.74, 6) is -1.08. The fourth-order valence-electron chi connectivity index (χ4n) is 1.71. The standard InChI is InChI=1S/C14H21N3O3/c1-2-15-9-6-10-16-14(20)17-12(13(18)19)11-7-4-3-5-8-11/h3-5,7-8,12,15H,2,6,9-10H2,1H3,(H,18,19)(H2,16,17,20)/t12-/m0/s1. The van der Waals surface area contributed by atoms with Crippen LogP contribution in [0.25, 0.3) is 0 Å². The van der Waals surface area contributed by atoms with Crippen molar-refractivity contribution in [3.8, 4) is 0 Å². The number of rotatable bonds is 8. The van der Waals surface area contributed by atoms with Gasteiger partial charge < -0.3 is 21.1 Å². The molecular weight excluding hydrogens is 258 g/mol. The van der Waals surface area contributed by atoms with Crippen molar-refractivity contribution in [2.45, 2.75) is 19.4 Å². The van der Waals surface area contributed by atoms with Crippen molar-refractivity contribution in [2.75, 3.05) is 19.6 Å². The van der Waals surface area contributed by atoms with Crippen LogP contribution in [0.5, 0.6) is 0 Å². The number of carbonyl (C=O) groups excluding carboxylic acids is 1. The smallest absolute Gasteiger partial charge is 0.330 e. The van der Waals surface area contributed by atoms with Crippen molar-refractivity contribution >= 4 is 12.0 Å². The third kappa shape index (κ3) is 5.71. The number of amides is 2. The van der Waals surface area contributed by atoms with Gasteiger partial charge in [0.05, 0.1) is 0 Å². The van der Waals surface area contributed by atoms with Gasteiger partial charge in [0, 0.05) is 6.54 Å². The zero-order chi connectivity index (χ0) is 14.8.